The summed E-state index contributed by atoms with van der Waals surface area (Å²) in [6.07, 6.45) is 4.57. The summed E-state index contributed by atoms with van der Waals surface area (Å²) in [7, 11) is 0. The van der Waals surface area contributed by atoms with Crippen molar-refractivity contribution in [3.63, 3.8) is 0 Å². The molecule has 0 bridgehead atoms. The number of carboxylic acid groups (broad SMARTS) is 1. The maximum Gasteiger partial charge on any atom is 0.314 e. The summed E-state index contributed by atoms with van der Waals surface area (Å²) in [5.74, 6) is -0.974. The molecule has 1 aliphatic carbocycles. The number of amides is 2. The number of carboxylic acids is 1. The summed E-state index contributed by atoms with van der Waals surface area (Å²) < 4.78 is 0. The number of hydrogen-bond acceptors (Lipinski definition) is 2. The van der Waals surface area contributed by atoms with Gasteiger partial charge in [0.25, 0.3) is 0 Å². The lowest BCUT2D eigenvalue weighted by Gasteiger charge is -2.28. The minimum atomic E-state index is -0.732. The molecule has 0 heterocycles. The lowest BCUT2D eigenvalue weighted by molar-refractivity contribution is -0.144. The van der Waals surface area contributed by atoms with Gasteiger partial charge in [0.15, 0.2) is 0 Å². The van der Waals surface area contributed by atoms with E-state index in [2.05, 4.69) is 31.4 Å². The van der Waals surface area contributed by atoms with Crippen LogP contribution in [-0.2, 0) is 4.79 Å². The highest BCUT2D eigenvalue weighted by Gasteiger charge is 2.30. The van der Waals surface area contributed by atoms with Gasteiger partial charge >= 0.3 is 12.0 Å². The third-order valence-corrected chi connectivity index (χ3v) is 3.91. The lowest BCUT2D eigenvalue weighted by Crippen LogP contribution is -2.42. The van der Waals surface area contributed by atoms with E-state index in [1.807, 2.05) is 0 Å². The van der Waals surface area contributed by atoms with E-state index >= 15 is 0 Å². The van der Waals surface area contributed by atoms with E-state index in [9.17, 15) is 14.7 Å². The molecule has 1 fully saturated rings. The standard InChI is InChI=1S/C15H28N2O3/c1-15(2,3)8-9-16-14(20)17-10-11-6-4-5-7-12(11)13(18)19/h11-12H,4-10H2,1-3H3,(H,18,19)(H2,16,17,20). The molecule has 5 nitrogen and oxygen atoms in total. The molecule has 116 valence electrons. The molecule has 0 aromatic carbocycles. The maximum absolute atomic E-state index is 11.7. The van der Waals surface area contributed by atoms with Crippen LogP contribution in [0.4, 0.5) is 4.79 Å². The van der Waals surface area contributed by atoms with Crippen LogP contribution in [0.1, 0.15) is 52.9 Å². The zero-order valence-corrected chi connectivity index (χ0v) is 12.9. The van der Waals surface area contributed by atoms with E-state index in [-0.39, 0.29) is 23.3 Å². The van der Waals surface area contributed by atoms with Crippen LogP contribution in [0.5, 0.6) is 0 Å². The third kappa shape index (κ3) is 6.26. The molecular weight excluding hydrogens is 256 g/mol. The summed E-state index contributed by atoms with van der Waals surface area (Å²) in [4.78, 5) is 22.8. The molecule has 2 unspecified atom stereocenters. The van der Waals surface area contributed by atoms with Crippen molar-refractivity contribution in [3.05, 3.63) is 0 Å². The Hall–Kier alpha value is -1.26. The van der Waals surface area contributed by atoms with E-state index in [1.165, 1.54) is 0 Å². The van der Waals surface area contributed by atoms with E-state index < -0.39 is 5.97 Å². The van der Waals surface area contributed by atoms with E-state index in [4.69, 9.17) is 0 Å². The lowest BCUT2D eigenvalue weighted by atomic mass is 9.79. The Morgan fingerprint density at radius 2 is 1.80 bits per heavy atom. The largest absolute Gasteiger partial charge is 0.481 e. The average molecular weight is 284 g/mol. The van der Waals surface area contributed by atoms with Gasteiger partial charge in [0.05, 0.1) is 5.92 Å². The zero-order chi connectivity index (χ0) is 15.2. The highest BCUT2D eigenvalue weighted by atomic mass is 16.4. The van der Waals surface area contributed by atoms with Crippen molar-refractivity contribution in [3.8, 4) is 0 Å². The van der Waals surface area contributed by atoms with Crippen molar-refractivity contribution in [2.75, 3.05) is 13.1 Å². The van der Waals surface area contributed by atoms with Crippen LogP contribution in [0.2, 0.25) is 0 Å². The predicted octanol–water partition coefficient (Wildman–Crippen LogP) is 2.61. The molecule has 1 aliphatic rings. The van der Waals surface area contributed by atoms with Gasteiger partial charge in [0.2, 0.25) is 0 Å². The van der Waals surface area contributed by atoms with Crippen LogP contribution in [0.15, 0.2) is 0 Å². The SMILES string of the molecule is CC(C)(C)CCNC(=O)NCC1CCCCC1C(=O)O. The van der Waals surface area contributed by atoms with E-state index in [0.717, 1.165) is 32.1 Å². The summed E-state index contributed by atoms with van der Waals surface area (Å²) in [5, 5.41) is 14.8. The van der Waals surface area contributed by atoms with Crippen molar-refractivity contribution in [2.24, 2.45) is 17.3 Å². The summed E-state index contributed by atoms with van der Waals surface area (Å²) >= 11 is 0. The number of aliphatic carboxylic acids is 1. The van der Waals surface area contributed by atoms with Gasteiger partial charge in [-0.15, -0.1) is 0 Å². The fourth-order valence-corrected chi connectivity index (χ4v) is 2.61. The second-order valence-electron chi connectivity index (χ2n) is 6.94. The number of carbonyl (C=O) groups excluding carboxylic acids is 1. The molecule has 1 rings (SSSR count). The minimum absolute atomic E-state index is 0.0645. The highest BCUT2D eigenvalue weighted by molar-refractivity contribution is 5.74. The van der Waals surface area contributed by atoms with Gasteiger partial charge in [0.1, 0.15) is 0 Å². The highest BCUT2D eigenvalue weighted by Crippen LogP contribution is 2.29. The first kappa shape index (κ1) is 16.8. The second-order valence-corrected chi connectivity index (χ2v) is 6.94. The maximum atomic E-state index is 11.7. The van der Waals surface area contributed by atoms with Crippen molar-refractivity contribution in [1.29, 1.82) is 0 Å². The number of nitrogens with one attached hydrogen (secondary N) is 2. The van der Waals surface area contributed by atoms with Crippen LogP contribution >= 0.6 is 0 Å². The molecular formula is C15H28N2O3. The van der Waals surface area contributed by atoms with Gasteiger partial charge in [0, 0.05) is 13.1 Å². The van der Waals surface area contributed by atoms with E-state index in [0.29, 0.717) is 13.1 Å². The van der Waals surface area contributed by atoms with Gasteiger partial charge in [-0.25, -0.2) is 4.79 Å². The van der Waals surface area contributed by atoms with Crippen LogP contribution < -0.4 is 10.6 Å². The Morgan fingerprint density at radius 3 is 2.40 bits per heavy atom. The Bertz CT molecular complexity index is 337. The molecule has 2 amide bonds. The first-order valence-corrected chi connectivity index (χ1v) is 7.54. The zero-order valence-electron chi connectivity index (χ0n) is 12.9. The monoisotopic (exact) mass is 284 g/mol. The second kappa shape index (κ2) is 7.50. The van der Waals surface area contributed by atoms with Crippen LogP contribution in [0.3, 0.4) is 0 Å². The molecule has 3 N–H and O–H groups in total. The Labute approximate surface area is 121 Å². The topological polar surface area (TPSA) is 78.4 Å². The predicted molar refractivity (Wildman–Crippen MR) is 78.6 cm³/mol. The molecule has 0 radical (unpaired) electrons. The molecule has 1 saturated carbocycles. The number of hydrogen-bond donors (Lipinski definition) is 3. The van der Waals surface area contributed by atoms with Crippen molar-refractivity contribution < 1.29 is 14.7 Å². The molecule has 0 saturated heterocycles. The van der Waals surface area contributed by atoms with Crippen LogP contribution in [0, 0.1) is 17.3 Å². The Kier molecular flexibility index (Phi) is 6.30. The van der Waals surface area contributed by atoms with Gasteiger partial charge in [-0.1, -0.05) is 33.6 Å². The van der Waals surface area contributed by atoms with Crippen LogP contribution in [0.25, 0.3) is 0 Å². The number of urea groups is 1. The molecule has 0 aliphatic heterocycles. The third-order valence-electron chi connectivity index (χ3n) is 3.91. The van der Waals surface area contributed by atoms with Crippen molar-refractivity contribution in [2.45, 2.75) is 52.9 Å². The van der Waals surface area contributed by atoms with Gasteiger partial charge < -0.3 is 15.7 Å². The first-order chi connectivity index (χ1) is 9.29. The normalized spacial score (nSPS) is 23.1. The molecule has 20 heavy (non-hydrogen) atoms. The van der Waals surface area contributed by atoms with Gasteiger partial charge in [-0.3, -0.25) is 4.79 Å². The Morgan fingerprint density at radius 1 is 1.15 bits per heavy atom. The molecule has 2 atom stereocenters. The summed E-state index contributed by atoms with van der Waals surface area (Å²) in [5.41, 5.74) is 0.199. The molecule has 5 heteroatoms. The number of carbonyl (C=O) groups is 2. The van der Waals surface area contributed by atoms with Gasteiger partial charge in [-0.2, -0.15) is 0 Å². The average Bonchev–Trinajstić information content (AvgIpc) is 2.35. The Balaban J connectivity index is 2.27. The van der Waals surface area contributed by atoms with Crippen molar-refractivity contribution in [1.82, 2.24) is 10.6 Å². The van der Waals surface area contributed by atoms with Crippen molar-refractivity contribution >= 4 is 12.0 Å². The molecule has 0 spiro atoms. The quantitative estimate of drug-likeness (QED) is 0.726. The summed E-state index contributed by atoms with van der Waals surface area (Å²) in [6, 6.07) is -0.191. The molecule has 0 aromatic heterocycles. The van der Waals surface area contributed by atoms with Crippen LogP contribution in [-0.4, -0.2) is 30.2 Å². The fraction of sp³-hybridized carbons (Fsp3) is 0.867. The minimum Gasteiger partial charge on any atom is -0.481 e. The smallest absolute Gasteiger partial charge is 0.314 e. The number of rotatable bonds is 5. The first-order valence-electron chi connectivity index (χ1n) is 7.54. The fourth-order valence-electron chi connectivity index (χ4n) is 2.61. The summed E-state index contributed by atoms with van der Waals surface area (Å²) in [6.45, 7) is 7.49. The van der Waals surface area contributed by atoms with Gasteiger partial charge in [-0.05, 0) is 30.6 Å². The van der Waals surface area contributed by atoms with E-state index in [1.54, 1.807) is 0 Å². The molecule has 0 aromatic rings.